The highest BCUT2D eigenvalue weighted by molar-refractivity contribution is 9.10. The van der Waals surface area contributed by atoms with E-state index in [0.29, 0.717) is 5.56 Å². The van der Waals surface area contributed by atoms with Gasteiger partial charge >= 0.3 is 0 Å². The molecule has 0 heterocycles. The summed E-state index contributed by atoms with van der Waals surface area (Å²) in [6.07, 6.45) is 0. The average molecular weight is 311 g/mol. The Morgan fingerprint density at radius 1 is 1.11 bits per heavy atom. The van der Waals surface area contributed by atoms with Crippen LogP contribution in [0.5, 0.6) is 0 Å². The van der Waals surface area contributed by atoms with Crippen LogP contribution in [0.2, 0.25) is 0 Å². The molecule has 0 amide bonds. The molecular formula is C14H9BrF2O. The molecule has 0 aliphatic rings. The van der Waals surface area contributed by atoms with Crippen molar-refractivity contribution in [3.8, 4) is 0 Å². The van der Waals surface area contributed by atoms with E-state index in [9.17, 15) is 13.6 Å². The van der Waals surface area contributed by atoms with Crippen molar-refractivity contribution < 1.29 is 13.6 Å². The number of carbonyl (C=O) groups is 1. The van der Waals surface area contributed by atoms with E-state index >= 15 is 0 Å². The minimum absolute atomic E-state index is 0.127. The van der Waals surface area contributed by atoms with Gasteiger partial charge in [0.1, 0.15) is 11.6 Å². The van der Waals surface area contributed by atoms with Gasteiger partial charge in [0.25, 0.3) is 0 Å². The molecule has 0 aliphatic heterocycles. The van der Waals surface area contributed by atoms with E-state index in [1.165, 1.54) is 30.3 Å². The quantitative estimate of drug-likeness (QED) is 0.757. The molecule has 2 aromatic rings. The molecule has 0 fully saturated rings. The van der Waals surface area contributed by atoms with Crippen LogP contribution in [-0.4, -0.2) is 5.78 Å². The molecule has 0 spiro atoms. The lowest BCUT2D eigenvalue weighted by Crippen LogP contribution is -2.07. The number of aryl methyl sites for hydroxylation is 1. The van der Waals surface area contributed by atoms with Gasteiger partial charge in [0, 0.05) is 0 Å². The number of rotatable bonds is 2. The Balaban J connectivity index is 2.51. The van der Waals surface area contributed by atoms with Crippen LogP contribution in [0, 0.1) is 18.6 Å². The fourth-order valence-electron chi connectivity index (χ4n) is 1.63. The largest absolute Gasteiger partial charge is 0.288 e. The van der Waals surface area contributed by atoms with Crippen LogP contribution in [-0.2, 0) is 0 Å². The number of halogens is 3. The van der Waals surface area contributed by atoms with Gasteiger partial charge in [-0.1, -0.05) is 12.1 Å². The van der Waals surface area contributed by atoms with Gasteiger partial charge < -0.3 is 0 Å². The van der Waals surface area contributed by atoms with Gasteiger partial charge in [-0.3, -0.25) is 4.79 Å². The third-order valence-corrected chi connectivity index (χ3v) is 3.18. The van der Waals surface area contributed by atoms with Crippen LogP contribution in [0.15, 0.2) is 40.9 Å². The summed E-state index contributed by atoms with van der Waals surface area (Å²) in [4.78, 5) is 12.1. The molecule has 0 N–H and O–H groups in total. The maximum absolute atomic E-state index is 13.8. The van der Waals surface area contributed by atoms with Crippen LogP contribution in [0.25, 0.3) is 0 Å². The summed E-state index contributed by atoms with van der Waals surface area (Å²) in [6, 6.07) is 8.59. The fraction of sp³-hybridized carbons (Fsp3) is 0.0714. The minimum atomic E-state index is -0.678. The van der Waals surface area contributed by atoms with Crippen molar-refractivity contribution in [2.45, 2.75) is 6.92 Å². The molecule has 0 unspecified atom stereocenters. The first-order valence-electron chi connectivity index (χ1n) is 5.25. The van der Waals surface area contributed by atoms with Crippen LogP contribution in [0.4, 0.5) is 8.78 Å². The van der Waals surface area contributed by atoms with Gasteiger partial charge in [0.15, 0.2) is 5.78 Å². The predicted molar refractivity (Wildman–Crippen MR) is 68.7 cm³/mol. The number of benzene rings is 2. The molecule has 0 saturated heterocycles. The van der Waals surface area contributed by atoms with Gasteiger partial charge in [-0.05, 0) is 52.7 Å². The van der Waals surface area contributed by atoms with Gasteiger partial charge in [0.05, 0.1) is 15.6 Å². The van der Waals surface area contributed by atoms with E-state index < -0.39 is 17.4 Å². The predicted octanol–water partition coefficient (Wildman–Crippen LogP) is 4.27. The number of ketones is 1. The lowest BCUT2D eigenvalue weighted by Gasteiger charge is -2.05. The van der Waals surface area contributed by atoms with Crippen molar-refractivity contribution in [2.75, 3.05) is 0 Å². The van der Waals surface area contributed by atoms with Crippen LogP contribution < -0.4 is 0 Å². The molecule has 18 heavy (non-hydrogen) atoms. The lowest BCUT2D eigenvalue weighted by atomic mass is 10.0. The third kappa shape index (κ3) is 2.34. The Kier molecular flexibility index (Phi) is 3.57. The summed E-state index contributed by atoms with van der Waals surface area (Å²) in [6.45, 7) is 1.72. The van der Waals surface area contributed by atoms with Crippen molar-refractivity contribution in [1.29, 1.82) is 0 Å². The van der Waals surface area contributed by atoms with E-state index in [2.05, 4.69) is 15.9 Å². The second-order valence-electron chi connectivity index (χ2n) is 3.91. The molecule has 2 rings (SSSR count). The van der Waals surface area contributed by atoms with Crippen molar-refractivity contribution in [1.82, 2.24) is 0 Å². The number of carbonyl (C=O) groups excluding carboxylic acids is 1. The number of hydrogen-bond donors (Lipinski definition) is 0. The molecule has 92 valence electrons. The molecular weight excluding hydrogens is 302 g/mol. The van der Waals surface area contributed by atoms with Gasteiger partial charge in [-0.15, -0.1) is 0 Å². The van der Waals surface area contributed by atoms with Gasteiger partial charge in [-0.25, -0.2) is 8.78 Å². The van der Waals surface area contributed by atoms with E-state index in [4.69, 9.17) is 0 Å². The van der Waals surface area contributed by atoms with E-state index in [0.717, 1.165) is 0 Å². The second kappa shape index (κ2) is 4.98. The van der Waals surface area contributed by atoms with Crippen molar-refractivity contribution in [3.63, 3.8) is 0 Å². The molecule has 0 saturated carbocycles. The second-order valence-corrected chi connectivity index (χ2v) is 4.77. The van der Waals surface area contributed by atoms with Crippen LogP contribution in [0.1, 0.15) is 21.5 Å². The molecule has 1 nitrogen and oxygen atoms in total. The zero-order chi connectivity index (χ0) is 13.3. The highest BCUT2D eigenvalue weighted by atomic mass is 79.9. The first kappa shape index (κ1) is 12.9. The summed E-state index contributed by atoms with van der Waals surface area (Å²) in [5, 5.41) is 0. The maximum atomic E-state index is 13.8. The monoisotopic (exact) mass is 310 g/mol. The first-order valence-corrected chi connectivity index (χ1v) is 6.05. The Morgan fingerprint density at radius 2 is 1.83 bits per heavy atom. The Bertz CT molecular complexity index is 623. The summed E-state index contributed by atoms with van der Waals surface area (Å²) in [7, 11) is 0. The summed E-state index contributed by atoms with van der Waals surface area (Å²) < 4.78 is 27.6. The molecule has 0 bridgehead atoms. The SMILES string of the molecule is Cc1ccc(C(=O)c2cccc(Br)c2F)c(F)c1. The molecule has 0 aliphatic carbocycles. The molecule has 0 aromatic heterocycles. The molecule has 4 heteroatoms. The average Bonchev–Trinajstić information content (AvgIpc) is 2.32. The lowest BCUT2D eigenvalue weighted by molar-refractivity contribution is 0.103. The zero-order valence-electron chi connectivity index (χ0n) is 9.51. The topological polar surface area (TPSA) is 17.1 Å². The summed E-state index contributed by atoms with van der Waals surface area (Å²) in [5.41, 5.74) is 0.434. The van der Waals surface area contributed by atoms with Crippen molar-refractivity contribution in [2.24, 2.45) is 0 Å². The van der Waals surface area contributed by atoms with Crippen LogP contribution >= 0.6 is 15.9 Å². The number of hydrogen-bond acceptors (Lipinski definition) is 1. The van der Waals surface area contributed by atoms with Gasteiger partial charge in [-0.2, -0.15) is 0 Å². The molecule has 0 radical (unpaired) electrons. The zero-order valence-corrected chi connectivity index (χ0v) is 11.1. The van der Waals surface area contributed by atoms with Crippen LogP contribution in [0.3, 0.4) is 0 Å². The Hall–Kier alpha value is -1.55. The van der Waals surface area contributed by atoms with Crippen molar-refractivity contribution >= 4 is 21.7 Å². The van der Waals surface area contributed by atoms with E-state index in [-0.39, 0.29) is 15.6 Å². The Labute approximate surface area is 112 Å². The minimum Gasteiger partial charge on any atom is -0.288 e. The van der Waals surface area contributed by atoms with E-state index in [1.54, 1.807) is 13.0 Å². The van der Waals surface area contributed by atoms with Crippen molar-refractivity contribution in [3.05, 3.63) is 69.2 Å². The van der Waals surface area contributed by atoms with Gasteiger partial charge in [0.2, 0.25) is 0 Å². The highest BCUT2D eigenvalue weighted by Crippen LogP contribution is 2.22. The molecule has 0 atom stereocenters. The normalized spacial score (nSPS) is 10.4. The maximum Gasteiger partial charge on any atom is 0.198 e. The smallest absolute Gasteiger partial charge is 0.198 e. The fourth-order valence-corrected chi connectivity index (χ4v) is 1.99. The third-order valence-electron chi connectivity index (χ3n) is 2.57. The standard InChI is InChI=1S/C14H9BrF2O/c1-8-5-6-9(12(16)7-8)14(18)10-3-2-4-11(15)13(10)17/h2-7H,1H3. The Morgan fingerprint density at radius 3 is 2.50 bits per heavy atom. The molecule has 2 aromatic carbocycles. The first-order chi connectivity index (χ1) is 8.50. The summed E-state index contributed by atoms with van der Waals surface area (Å²) >= 11 is 3.00. The highest BCUT2D eigenvalue weighted by Gasteiger charge is 2.18. The summed E-state index contributed by atoms with van der Waals surface area (Å²) in [5.74, 6) is -1.98. The van der Waals surface area contributed by atoms with E-state index in [1.807, 2.05) is 0 Å².